The number of nitrogen functional groups attached to an aromatic ring is 1. The van der Waals surface area contributed by atoms with Gasteiger partial charge in [0.15, 0.2) is 0 Å². The second-order valence-electron chi connectivity index (χ2n) is 5.91. The topological polar surface area (TPSA) is 29.3 Å². The van der Waals surface area contributed by atoms with Gasteiger partial charge in [-0.05, 0) is 49.1 Å². The molecular weight excluding hydrogens is 256 g/mol. The summed E-state index contributed by atoms with van der Waals surface area (Å²) in [5.74, 6) is 0. The fourth-order valence-corrected chi connectivity index (χ4v) is 2.46. The molecule has 0 aliphatic heterocycles. The molecule has 2 heteroatoms. The fraction of sp³-hybridized carbons (Fsp3) is 0.368. The van der Waals surface area contributed by atoms with Gasteiger partial charge in [-0.25, -0.2) is 0 Å². The molecule has 0 atom stereocenters. The van der Waals surface area contributed by atoms with E-state index in [0.717, 1.165) is 25.2 Å². The number of nitrogens with two attached hydrogens (primary N) is 1. The minimum absolute atomic E-state index is 0.497. The average molecular weight is 282 g/mol. The van der Waals surface area contributed by atoms with Gasteiger partial charge in [-0.15, -0.1) is 0 Å². The van der Waals surface area contributed by atoms with Crippen LogP contribution in [0.3, 0.4) is 0 Å². The van der Waals surface area contributed by atoms with Crippen LogP contribution in [0.25, 0.3) is 0 Å². The molecule has 0 spiro atoms. The van der Waals surface area contributed by atoms with Gasteiger partial charge < -0.3 is 5.73 Å². The average Bonchev–Trinajstić information content (AvgIpc) is 2.47. The molecule has 2 nitrogen and oxygen atoms in total. The van der Waals surface area contributed by atoms with Crippen LogP contribution in [0.2, 0.25) is 0 Å². The van der Waals surface area contributed by atoms with Crippen LogP contribution in [0.4, 0.5) is 5.69 Å². The molecule has 2 rings (SSSR count). The van der Waals surface area contributed by atoms with Gasteiger partial charge in [-0.2, -0.15) is 0 Å². The molecule has 2 N–H and O–H groups in total. The molecule has 0 unspecified atom stereocenters. The molecule has 0 bridgehead atoms. The van der Waals surface area contributed by atoms with Crippen LogP contribution in [0.15, 0.2) is 48.5 Å². The number of hydrogen-bond acceptors (Lipinski definition) is 2. The van der Waals surface area contributed by atoms with Crippen LogP contribution in [0.1, 0.15) is 37.5 Å². The van der Waals surface area contributed by atoms with Gasteiger partial charge in [0, 0.05) is 24.8 Å². The third kappa shape index (κ3) is 4.61. The minimum Gasteiger partial charge on any atom is -0.399 e. The molecule has 0 saturated heterocycles. The first kappa shape index (κ1) is 15.6. The van der Waals surface area contributed by atoms with Crippen molar-refractivity contribution < 1.29 is 0 Å². The van der Waals surface area contributed by atoms with Crippen LogP contribution in [-0.4, -0.2) is 10.9 Å². The number of nitrogens with zero attached hydrogens (tertiary/aromatic N) is 1. The third-order valence-corrected chi connectivity index (χ3v) is 3.88. The van der Waals surface area contributed by atoms with Crippen molar-refractivity contribution in [3.63, 3.8) is 0 Å². The van der Waals surface area contributed by atoms with E-state index in [1.165, 1.54) is 16.7 Å². The van der Waals surface area contributed by atoms with Crippen molar-refractivity contribution in [2.24, 2.45) is 0 Å². The zero-order valence-corrected chi connectivity index (χ0v) is 13.3. The van der Waals surface area contributed by atoms with Crippen LogP contribution < -0.4 is 5.73 Å². The smallest absolute Gasteiger partial charge is 0.0317 e. The Kier molecular flexibility index (Phi) is 5.40. The normalized spacial score (nSPS) is 11.3. The molecule has 0 aliphatic carbocycles. The largest absolute Gasteiger partial charge is 0.399 e. The molecule has 2 aromatic carbocycles. The zero-order valence-electron chi connectivity index (χ0n) is 13.3. The van der Waals surface area contributed by atoms with E-state index in [1.54, 1.807) is 0 Å². The summed E-state index contributed by atoms with van der Waals surface area (Å²) in [4.78, 5) is 2.47. The maximum Gasteiger partial charge on any atom is 0.0317 e. The van der Waals surface area contributed by atoms with E-state index >= 15 is 0 Å². The van der Waals surface area contributed by atoms with Crippen molar-refractivity contribution in [3.05, 3.63) is 65.2 Å². The molecule has 0 aliphatic rings. The van der Waals surface area contributed by atoms with E-state index in [0.29, 0.717) is 6.04 Å². The monoisotopic (exact) mass is 282 g/mol. The Morgan fingerprint density at radius 3 is 2.10 bits per heavy atom. The number of benzene rings is 2. The third-order valence-electron chi connectivity index (χ3n) is 3.88. The lowest BCUT2D eigenvalue weighted by atomic mass is 10.1. The summed E-state index contributed by atoms with van der Waals surface area (Å²) in [5, 5.41) is 0. The Labute approximate surface area is 128 Å². The molecule has 0 radical (unpaired) electrons. The molecule has 0 fully saturated rings. The summed E-state index contributed by atoms with van der Waals surface area (Å²) in [6.07, 6.45) is 1.09. The molecule has 0 amide bonds. The predicted octanol–water partition coefficient (Wildman–Crippen LogP) is 4.24. The quantitative estimate of drug-likeness (QED) is 0.803. The highest BCUT2D eigenvalue weighted by Crippen LogP contribution is 2.15. The lowest BCUT2D eigenvalue weighted by Crippen LogP contribution is -2.29. The highest BCUT2D eigenvalue weighted by molar-refractivity contribution is 5.40. The summed E-state index contributed by atoms with van der Waals surface area (Å²) < 4.78 is 0. The second kappa shape index (κ2) is 7.28. The summed E-state index contributed by atoms with van der Waals surface area (Å²) >= 11 is 0. The highest BCUT2D eigenvalue weighted by atomic mass is 15.1. The Bertz CT molecular complexity index is 558. The van der Waals surface area contributed by atoms with Crippen LogP contribution in [0.5, 0.6) is 0 Å². The summed E-state index contributed by atoms with van der Waals surface area (Å²) in [5.41, 5.74) is 10.7. The predicted molar refractivity (Wildman–Crippen MR) is 91.1 cm³/mol. The van der Waals surface area contributed by atoms with Crippen molar-refractivity contribution >= 4 is 5.69 Å². The number of hydrogen-bond donors (Lipinski definition) is 1. The molecule has 2 aromatic rings. The SMILES string of the molecule is CCc1ccc(CN(Cc2cccc(N)c2)C(C)C)cc1. The van der Waals surface area contributed by atoms with Gasteiger partial charge in [0.2, 0.25) is 0 Å². The van der Waals surface area contributed by atoms with Crippen molar-refractivity contribution in [2.45, 2.75) is 46.3 Å². The first-order valence-corrected chi connectivity index (χ1v) is 7.74. The molecule has 21 heavy (non-hydrogen) atoms. The van der Waals surface area contributed by atoms with Gasteiger partial charge >= 0.3 is 0 Å². The molecule has 0 saturated carbocycles. The lowest BCUT2D eigenvalue weighted by molar-refractivity contribution is 0.203. The van der Waals surface area contributed by atoms with Gasteiger partial charge in [0.05, 0.1) is 0 Å². The van der Waals surface area contributed by atoms with Gasteiger partial charge in [-0.1, -0.05) is 43.3 Å². The maximum atomic E-state index is 5.88. The summed E-state index contributed by atoms with van der Waals surface area (Å²) in [6, 6.07) is 17.6. The number of rotatable bonds is 6. The van der Waals surface area contributed by atoms with E-state index in [-0.39, 0.29) is 0 Å². The first-order valence-electron chi connectivity index (χ1n) is 7.74. The van der Waals surface area contributed by atoms with Crippen molar-refractivity contribution in [1.82, 2.24) is 4.90 Å². The lowest BCUT2D eigenvalue weighted by Gasteiger charge is -2.27. The Morgan fingerprint density at radius 1 is 0.905 bits per heavy atom. The summed E-state index contributed by atoms with van der Waals surface area (Å²) in [6.45, 7) is 8.57. The molecular formula is C19H26N2. The number of anilines is 1. The standard InChI is InChI=1S/C19H26N2/c1-4-16-8-10-17(11-9-16)13-21(15(2)3)14-18-6-5-7-19(20)12-18/h5-12,15H,4,13-14,20H2,1-3H3. The second-order valence-corrected chi connectivity index (χ2v) is 5.91. The van der Waals surface area contributed by atoms with Gasteiger partial charge in [0.25, 0.3) is 0 Å². The minimum atomic E-state index is 0.497. The zero-order chi connectivity index (χ0) is 15.2. The Hall–Kier alpha value is -1.80. The van der Waals surface area contributed by atoms with Crippen molar-refractivity contribution in [3.8, 4) is 0 Å². The molecule has 0 heterocycles. The van der Waals surface area contributed by atoms with Gasteiger partial charge in [0.1, 0.15) is 0 Å². The van der Waals surface area contributed by atoms with Crippen LogP contribution in [-0.2, 0) is 19.5 Å². The first-order chi connectivity index (χ1) is 10.1. The van der Waals surface area contributed by atoms with Crippen molar-refractivity contribution in [2.75, 3.05) is 5.73 Å². The maximum absolute atomic E-state index is 5.88. The van der Waals surface area contributed by atoms with E-state index in [9.17, 15) is 0 Å². The van der Waals surface area contributed by atoms with Crippen LogP contribution in [0, 0.1) is 0 Å². The van der Waals surface area contributed by atoms with Crippen LogP contribution >= 0.6 is 0 Å². The highest BCUT2D eigenvalue weighted by Gasteiger charge is 2.11. The van der Waals surface area contributed by atoms with Gasteiger partial charge in [-0.3, -0.25) is 4.90 Å². The van der Waals surface area contributed by atoms with E-state index < -0.39 is 0 Å². The Morgan fingerprint density at radius 2 is 1.52 bits per heavy atom. The number of aryl methyl sites for hydroxylation is 1. The molecule has 0 aromatic heterocycles. The summed E-state index contributed by atoms with van der Waals surface area (Å²) in [7, 11) is 0. The fourth-order valence-electron chi connectivity index (χ4n) is 2.46. The van der Waals surface area contributed by atoms with E-state index in [2.05, 4.69) is 62.1 Å². The van der Waals surface area contributed by atoms with E-state index in [4.69, 9.17) is 5.73 Å². The molecule has 112 valence electrons. The Balaban J connectivity index is 2.08. The van der Waals surface area contributed by atoms with E-state index in [1.807, 2.05) is 12.1 Å². The van der Waals surface area contributed by atoms with Crippen molar-refractivity contribution in [1.29, 1.82) is 0 Å².